The molecule has 0 unspecified atom stereocenters. The largest absolute Gasteiger partial charge is 0.860 e. The Morgan fingerprint density at radius 3 is 2.66 bits per heavy atom. The molecule has 0 aliphatic rings. The van der Waals surface area contributed by atoms with E-state index in [1.54, 1.807) is 30.1 Å². The lowest BCUT2D eigenvalue weighted by molar-refractivity contribution is -0.384. The number of nitrogens with zero attached hydrogens (tertiary/aromatic N) is 2. The van der Waals surface area contributed by atoms with Crippen molar-refractivity contribution in [2.75, 3.05) is 0 Å². The Kier molecular flexibility index (Phi) is 3.44. The monoisotopic (exact) mass is 387 g/mol. The van der Waals surface area contributed by atoms with E-state index in [9.17, 15) is 20.3 Å². The van der Waals surface area contributed by atoms with Crippen LogP contribution in [0.2, 0.25) is 0 Å². The zero-order valence-corrected chi connectivity index (χ0v) is 15.3. The molecule has 3 heterocycles. The van der Waals surface area contributed by atoms with Crippen LogP contribution in [-0.4, -0.2) is 24.6 Å². The van der Waals surface area contributed by atoms with Crippen LogP contribution >= 0.6 is 0 Å². The molecule has 0 bridgehead atoms. The summed E-state index contributed by atoms with van der Waals surface area (Å²) in [6, 6.07) is 12.1. The van der Waals surface area contributed by atoms with Gasteiger partial charge < -0.3 is 24.7 Å². The first-order valence-electron chi connectivity index (χ1n) is 8.88. The number of nitrogens with one attached hydrogen (secondary N) is 2. The first-order valence-corrected chi connectivity index (χ1v) is 8.88. The zero-order valence-electron chi connectivity index (χ0n) is 15.3. The highest BCUT2D eigenvalue weighted by Gasteiger charge is 2.22. The number of para-hydroxylation sites is 1. The summed E-state index contributed by atoms with van der Waals surface area (Å²) in [4.78, 5) is 16.3. The minimum atomic E-state index is -0.451. The molecule has 5 rings (SSSR count). The van der Waals surface area contributed by atoms with Crippen molar-refractivity contribution in [3.63, 3.8) is 0 Å². The predicted molar refractivity (Wildman–Crippen MR) is 108 cm³/mol. The summed E-state index contributed by atoms with van der Waals surface area (Å²) >= 11 is 0. The molecule has 2 aromatic carbocycles. The van der Waals surface area contributed by atoms with Crippen LogP contribution in [-0.2, 0) is 7.05 Å². The van der Waals surface area contributed by atoms with Gasteiger partial charge in [0.15, 0.2) is 5.88 Å². The van der Waals surface area contributed by atoms with E-state index in [-0.39, 0.29) is 11.6 Å². The zero-order chi connectivity index (χ0) is 20.3. The van der Waals surface area contributed by atoms with Gasteiger partial charge in [0.2, 0.25) is 0 Å². The molecule has 3 aromatic heterocycles. The van der Waals surface area contributed by atoms with Crippen molar-refractivity contribution in [1.29, 1.82) is 0 Å². The van der Waals surface area contributed by atoms with Crippen molar-refractivity contribution >= 4 is 27.5 Å². The van der Waals surface area contributed by atoms with Crippen LogP contribution in [0.25, 0.3) is 44.1 Å². The third kappa shape index (κ3) is 2.39. The Hall–Kier alpha value is -4.20. The lowest BCUT2D eigenvalue weighted by Gasteiger charge is -2.09. The highest BCUT2D eigenvalue weighted by molar-refractivity contribution is 6.07. The number of rotatable bonds is 3. The number of aromatic amines is 2. The van der Waals surface area contributed by atoms with Gasteiger partial charge in [0, 0.05) is 64.6 Å². The Bertz CT molecular complexity index is 1420. The lowest BCUT2D eigenvalue weighted by atomic mass is 9.97. The predicted octanol–water partition coefficient (Wildman–Crippen LogP) is 4.01. The Balaban J connectivity index is 1.82. The number of aromatic nitrogens is 3. The van der Waals surface area contributed by atoms with Crippen molar-refractivity contribution in [3.05, 3.63) is 65.0 Å². The van der Waals surface area contributed by atoms with Crippen LogP contribution in [0.3, 0.4) is 0 Å². The standard InChI is InChI=1S/C21H16N4O4/c1-24-10-15(13-7-6-11(25(28)29)8-17(13)24)19-18(20(26)23-21(19)27)14-9-22-16-5-3-2-4-12(14)16/h2-10,22-23,26-27H,1H3/p-1. The van der Waals surface area contributed by atoms with E-state index in [1.807, 2.05) is 24.3 Å². The van der Waals surface area contributed by atoms with E-state index in [1.165, 1.54) is 12.1 Å². The quantitative estimate of drug-likeness (QED) is 0.320. The molecule has 5 aromatic rings. The maximum Gasteiger partial charge on any atom is 0.271 e. The molecule has 0 spiro atoms. The molecule has 0 amide bonds. The van der Waals surface area contributed by atoms with Gasteiger partial charge in [-0.05, 0) is 18.0 Å². The maximum atomic E-state index is 12.7. The molecule has 8 nitrogen and oxygen atoms in total. The third-order valence-corrected chi connectivity index (χ3v) is 5.26. The molecule has 0 saturated carbocycles. The van der Waals surface area contributed by atoms with Gasteiger partial charge in [-0.1, -0.05) is 18.2 Å². The summed E-state index contributed by atoms with van der Waals surface area (Å²) in [7, 11) is 1.77. The van der Waals surface area contributed by atoms with Gasteiger partial charge in [0.25, 0.3) is 5.69 Å². The summed E-state index contributed by atoms with van der Waals surface area (Å²) in [6.07, 6.45) is 3.50. The third-order valence-electron chi connectivity index (χ3n) is 5.26. The fourth-order valence-electron chi connectivity index (χ4n) is 3.95. The van der Waals surface area contributed by atoms with Gasteiger partial charge in [-0.15, -0.1) is 0 Å². The molecule has 0 fully saturated rings. The second-order valence-electron chi connectivity index (χ2n) is 6.91. The average molecular weight is 387 g/mol. The first-order chi connectivity index (χ1) is 14.0. The summed E-state index contributed by atoms with van der Waals surface area (Å²) < 4.78 is 1.74. The minimum Gasteiger partial charge on any atom is -0.860 e. The van der Waals surface area contributed by atoms with E-state index in [0.717, 1.165) is 10.9 Å². The average Bonchev–Trinajstić information content (AvgIpc) is 3.35. The number of non-ortho nitro benzene ring substituents is 1. The number of H-pyrrole nitrogens is 2. The molecule has 144 valence electrons. The summed E-state index contributed by atoms with van der Waals surface area (Å²) in [5.41, 5.74) is 3.51. The van der Waals surface area contributed by atoms with Crippen molar-refractivity contribution in [1.82, 2.24) is 14.5 Å². The molecule has 0 aliphatic carbocycles. The summed E-state index contributed by atoms with van der Waals surface area (Å²) in [5, 5.41) is 36.0. The smallest absolute Gasteiger partial charge is 0.271 e. The van der Waals surface area contributed by atoms with Gasteiger partial charge in [-0.2, -0.15) is 0 Å². The molecule has 0 atom stereocenters. The first kappa shape index (κ1) is 16.9. The van der Waals surface area contributed by atoms with Crippen LogP contribution in [0.5, 0.6) is 11.8 Å². The number of nitro benzene ring substituents is 1. The molecule has 29 heavy (non-hydrogen) atoms. The number of hydrogen-bond donors (Lipinski definition) is 3. The summed E-state index contributed by atoms with van der Waals surface area (Å²) in [6.45, 7) is 0. The van der Waals surface area contributed by atoms with Crippen LogP contribution in [0, 0.1) is 10.1 Å². The van der Waals surface area contributed by atoms with Gasteiger partial charge in [0.1, 0.15) is 0 Å². The van der Waals surface area contributed by atoms with Crippen molar-refractivity contribution in [3.8, 4) is 34.0 Å². The number of benzene rings is 2. The Morgan fingerprint density at radius 2 is 1.86 bits per heavy atom. The molecular formula is C21H15N4O4-. The van der Waals surface area contributed by atoms with Crippen molar-refractivity contribution in [2.24, 2.45) is 7.05 Å². The maximum absolute atomic E-state index is 12.7. The van der Waals surface area contributed by atoms with E-state index >= 15 is 0 Å². The van der Waals surface area contributed by atoms with Crippen LogP contribution in [0.4, 0.5) is 5.69 Å². The number of nitro groups is 1. The molecular weight excluding hydrogens is 372 g/mol. The van der Waals surface area contributed by atoms with E-state index in [2.05, 4.69) is 9.97 Å². The summed E-state index contributed by atoms with van der Waals surface area (Å²) in [5.74, 6) is -0.637. The molecule has 3 N–H and O–H groups in total. The second-order valence-corrected chi connectivity index (χ2v) is 6.91. The van der Waals surface area contributed by atoms with Gasteiger partial charge >= 0.3 is 0 Å². The molecule has 0 aliphatic heterocycles. The lowest BCUT2D eigenvalue weighted by Crippen LogP contribution is -1.92. The van der Waals surface area contributed by atoms with Crippen LogP contribution < -0.4 is 5.11 Å². The van der Waals surface area contributed by atoms with E-state index in [0.29, 0.717) is 33.2 Å². The molecule has 8 heteroatoms. The van der Waals surface area contributed by atoms with E-state index in [4.69, 9.17) is 0 Å². The van der Waals surface area contributed by atoms with Gasteiger partial charge in [0.05, 0.1) is 16.0 Å². The Labute approximate surface area is 163 Å². The Morgan fingerprint density at radius 1 is 1.07 bits per heavy atom. The minimum absolute atomic E-state index is 0.0232. The highest BCUT2D eigenvalue weighted by Crippen LogP contribution is 2.48. The van der Waals surface area contributed by atoms with Crippen LogP contribution in [0.1, 0.15) is 0 Å². The highest BCUT2D eigenvalue weighted by atomic mass is 16.6. The topological polar surface area (TPSA) is 123 Å². The fraction of sp³-hybridized carbons (Fsp3) is 0.0476. The molecule has 0 radical (unpaired) electrons. The van der Waals surface area contributed by atoms with Crippen LogP contribution in [0.15, 0.2) is 54.9 Å². The molecule has 0 saturated heterocycles. The number of hydrogen-bond acceptors (Lipinski definition) is 4. The number of aryl methyl sites for hydroxylation is 1. The van der Waals surface area contributed by atoms with Gasteiger partial charge in [-0.3, -0.25) is 10.1 Å². The van der Waals surface area contributed by atoms with Crippen molar-refractivity contribution in [2.45, 2.75) is 0 Å². The van der Waals surface area contributed by atoms with Gasteiger partial charge in [-0.25, -0.2) is 0 Å². The SMILES string of the molecule is Cn1cc(-c2c(O)[nH]c([O-])c2-c2c[nH]c3ccccc23)c2ccc([N+](=O)[O-])cc21. The second kappa shape index (κ2) is 5.90. The number of fused-ring (bicyclic) bond motifs is 2. The van der Waals surface area contributed by atoms with E-state index < -0.39 is 10.8 Å². The fourth-order valence-corrected chi connectivity index (χ4v) is 3.95. The van der Waals surface area contributed by atoms with Crippen molar-refractivity contribution < 1.29 is 15.1 Å². The number of aromatic hydroxyl groups is 1. The normalized spacial score (nSPS) is 11.5.